The molecule has 0 spiro atoms. The van der Waals surface area contributed by atoms with E-state index < -0.39 is 5.82 Å². The molecule has 0 saturated carbocycles. The summed E-state index contributed by atoms with van der Waals surface area (Å²) in [4.78, 5) is 21.9. The Morgan fingerprint density at radius 1 is 1.31 bits per heavy atom. The fraction of sp³-hybridized carbons (Fsp3) is 0.136. The first-order valence-electron chi connectivity index (χ1n) is 9.24. The van der Waals surface area contributed by atoms with Crippen LogP contribution in [0.4, 0.5) is 10.1 Å². The zero-order valence-corrected chi connectivity index (χ0v) is 16.4. The van der Waals surface area contributed by atoms with Crippen molar-refractivity contribution < 1.29 is 9.18 Å². The first kappa shape index (κ1) is 17.8. The van der Waals surface area contributed by atoms with Gasteiger partial charge in [0, 0.05) is 33.6 Å². The Morgan fingerprint density at radius 2 is 2.17 bits per heavy atom. The fourth-order valence-corrected chi connectivity index (χ4v) is 4.74. The summed E-state index contributed by atoms with van der Waals surface area (Å²) in [5, 5.41) is 8.31. The minimum atomic E-state index is -0.430. The molecule has 1 amide bonds. The van der Waals surface area contributed by atoms with E-state index in [2.05, 4.69) is 22.2 Å². The van der Waals surface area contributed by atoms with E-state index in [1.165, 1.54) is 17.5 Å². The Balaban J connectivity index is 1.72. The van der Waals surface area contributed by atoms with Gasteiger partial charge in [0.1, 0.15) is 4.88 Å². The van der Waals surface area contributed by atoms with Gasteiger partial charge < -0.3 is 10.6 Å². The SMILES string of the molecule is C=Cc1cc(-c2ccc3c(ccc4sc5c(c43)NC[C@@H](C)NC5=O)n2)c(F)cn1. The molecule has 29 heavy (non-hydrogen) atoms. The summed E-state index contributed by atoms with van der Waals surface area (Å²) < 4.78 is 15.4. The molecule has 0 aliphatic carbocycles. The molecule has 4 aromatic rings. The Morgan fingerprint density at radius 3 is 3.00 bits per heavy atom. The molecule has 7 heteroatoms. The number of amides is 1. The maximum absolute atomic E-state index is 14.4. The van der Waals surface area contributed by atoms with Crippen molar-refractivity contribution in [1.29, 1.82) is 0 Å². The number of aromatic nitrogens is 2. The molecule has 0 bridgehead atoms. The molecule has 0 fully saturated rings. The van der Waals surface area contributed by atoms with Crippen molar-refractivity contribution in [2.24, 2.45) is 0 Å². The molecule has 144 valence electrons. The Labute approximate surface area is 170 Å². The molecule has 1 aromatic carbocycles. The first-order chi connectivity index (χ1) is 14.0. The van der Waals surface area contributed by atoms with Crippen molar-refractivity contribution in [3.63, 3.8) is 0 Å². The number of carbonyl (C=O) groups is 1. The van der Waals surface area contributed by atoms with Crippen LogP contribution >= 0.6 is 11.3 Å². The first-order valence-corrected chi connectivity index (χ1v) is 10.1. The van der Waals surface area contributed by atoms with Crippen LogP contribution < -0.4 is 10.6 Å². The highest BCUT2D eigenvalue weighted by molar-refractivity contribution is 7.21. The zero-order chi connectivity index (χ0) is 20.1. The molecule has 5 rings (SSSR count). The number of rotatable bonds is 2. The van der Waals surface area contributed by atoms with E-state index in [1.54, 1.807) is 18.2 Å². The van der Waals surface area contributed by atoms with Crippen molar-refractivity contribution >= 4 is 50.0 Å². The van der Waals surface area contributed by atoms with Crippen LogP contribution in [0.25, 0.3) is 38.3 Å². The molecular formula is C22H17FN4OS. The van der Waals surface area contributed by atoms with Gasteiger partial charge in [0.05, 0.1) is 28.8 Å². The number of carbonyl (C=O) groups excluding carboxylic acids is 1. The van der Waals surface area contributed by atoms with E-state index in [4.69, 9.17) is 4.98 Å². The summed E-state index contributed by atoms with van der Waals surface area (Å²) in [6.07, 6.45) is 2.76. The van der Waals surface area contributed by atoms with Gasteiger partial charge in [0.2, 0.25) is 0 Å². The molecule has 1 aliphatic heterocycles. The van der Waals surface area contributed by atoms with Gasteiger partial charge >= 0.3 is 0 Å². The van der Waals surface area contributed by atoms with Gasteiger partial charge in [0.25, 0.3) is 5.91 Å². The van der Waals surface area contributed by atoms with E-state index in [0.29, 0.717) is 28.4 Å². The lowest BCUT2D eigenvalue weighted by molar-refractivity contribution is 0.0949. The molecule has 5 nitrogen and oxygen atoms in total. The monoisotopic (exact) mass is 404 g/mol. The number of halogens is 1. The van der Waals surface area contributed by atoms with Gasteiger partial charge in [-0.15, -0.1) is 11.3 Å². The largest absolute Gasteiger partial charge is 0.381 e. The predicted molar refractivity (Wildman–Crippen MR) is 116 cm³/mol. The summed E-state index contributed by atoms with van der Waals surface area (Å²) in [7, 11) is 0. The standard InChI is InChI=1S/C22H17FN4OS/c1-3-12-8-14(15(23)10-24-12)17-5-4-13-16(27-17)6-7-18-19(13)20-21(29-18)22(28)26-11(2)9-25-20/h3-8,10-11,25H,1,9H2,2H3,(H,26,28)/t11-/m1/s1. The number of nitrogens with one attached hydrogen (secondary N) is 2. The number of hydrogen-bond donors (Lipinski definition) is 2. The van der Waals surface area contributed by atoms with Gasteiger partial charge in [-0.2, -0.15) is 0 Å². The maximum Gasteiger partial charge on any atom is 0.263 e. The normalized spacial score (nSPS) is 16.2. The highest BCUT2D eigenvalue weighted by atomic mass is 32.1. The number of hydrogen-bond acceptors (Lipinski definition) is 5. The predicted octanol–water partition coefficient (Wildman–Crippen LogP) is 4.84. The van der Waals surface area contributed by atoms with E-state index in [-0.39, 0.29) is 11.9 Å². The minimum Gasteiger partial charge on any atom is -0.381 e. The summed E-state index contributed by atoms with van der Waals surface area (Å²) in [6.45, 7) is 6.31. The second-order valence-corrected chi connectivity index (χ2v) is 8.11. The molecule has 1 aliphatic rings. The molecule has 0 unspecified atom stereocenters. The third-order valence-corrected chi connectivity index (χ3v) is 6.21. The van der Waals surface area contributed by atoms with Crippen molar-refractivity contribution in [2.75, 3.05) is 11.9 Å². The van der Waals surface area contributed by atoms with Crippen LogP contribution in [0.15, 0.2) is 43.1 Å². The number of nitrogens with zero attached hydrogens (tertiary/aromatic N) is 2. The van der Waals surface area contributed by atoms with E-state index >= 15 is 0 Å². The number of anilines is 1. The average Bonchev–Trinajstić information content (AvgIpc) is 3.05. The molecule has 0 saturated heterocycles. The maximum atomic E-state index is 14.4. The van der Waals surface area contributed by atoms with Crippen LogP contribution in [-0.2, 0) is 0 Å². The van der Waals surface area contributed by atoms with Gasteiger partial charge in [-0.3, -0.25) is 9.78 Å². The van der Waals surface area contributed by atoms with Crippen LogP contribution in [0.1, 0.15) is 22.3 Å². The number of thiophene rings is 1. The van der Waals surface area contributed by atoms with Crippen molar-refractivity contribution in [2.45, 2.75) is 13.0 Å². The molecule has 0 radical (unpaired) electrons. The lowest BCUT2D eigenvalue weighted by atomic mass is 10.1. The Hall–Kier alpha value is -3.32. The quantitative estimate of drug-likeness (QED) is 0.502. The van der Waals surface area contributed by atoms with Crippen LogP contribution in [-0.4, -0.2) is 28.5 Å². The fourth-order valence-electron chi connectivity index (χ4n) is 3.64. The summed E-state index contributed by atoms with van der Waals surface area (Å²) >= 11 is 1.46. The van der Waals surface area contributed by atoms with E-state index in [9.17, 15) is 9.18 Å². The van der Waals surface area contributed by atoms with E-state index in [1.807, 2.05) is 25.1 Å². The zero-order valence-electron chi connectivity index (χ0n) is 15.6. The van der Waals surface area contributed by atoms with Crippen LogP contribution in [0.2, 0.25) is 0 Å². The molecule has 4 heterocycles. The second kappa shape index (κ2) is 6.63. The van der Waals surface area contributed by atoms with Crippen LogP contribution in [0.5, 0.6) is 0 Å². The Bertz CT molecular complexity index is 1310. The lowest BCUT2D eigenvalue weighted by Gasteiger charge is -2.10. The smallest absolute Gasteiger partial charge is 0.263 e. The topological polar surface area (TPSA) is 66.9 Å². The summed E-state index contributed by atoms with van der Waals surface area (Å²) in [5.41, 5.74) is 3.08. The third-order valence-electron chi connectivity index (χ3n) is 5.05. The lowest BCUT2D eigenvalue weighted by Crippen LogP contribution is -2.34. The Kier molecular flexibility index (Phi) is 4.06. The van der Waals surface area contributed by atoms with Gasteiger partial charge in [0.15, 0.2) is 5.82 Å². The summed E-state index contributed by atoms with van der Waals surface area (Å²) in [5.74, 6) is -0.493. The van der Waals surface area contributed by atoms with Crippen molar-refractivity contribution in [1.82, 2.24) is 15.3 Å². The van der Waals surface area contributed by atoms with Crippen molar-refractivity contribution in [3.05, 3.63) is 59.5 Å². The third kappa shape index (κ3) is 2.86. The second-order valence-electron chi connectivity index (χ2n) is 7.06. The minimum absolute atomic E-state index is 0.0468. The van der Waals surface area contributed by atoms with Crippen LogP contribution in [0, 0.1) is 5.82 Å². The molecule has 3 aromatic heterocycles. The molecule has 1 atom stereocenters. The number of fused-ring (bicyclic) bond motifs is 5. The number of benzene rings is 1. The molecular weight excluding hydrogens is 387 g/mol. The number of pyridine rings is 2. The molecule has 2 N–H and O–H groups in total. The van der Waals surface area contributed by atoms with Crippen LogP contribution in [0.3, 0.4) is 0 Å². The van der Waals surface area contributed by atoms with Crippen molar-refractivity contribution in [3.8, 4) is 11.3 Å². The summed E-state index contributed by atoms with van der Waals surface area (Å²) in [6, 6.07) is 9.30. The van der Waals surface area contributed by atoms with Gasteiger partial charge in [-0.05, 0) is 43.3 Å². The van der Waals surface area contributed by atoms with Gasteiger partial charge in [-0.1, -0.05) is 6.58 Å². The highest BCUT2D eigenvalue weighted by Crippen LogP contribution is 2.41. The van der Waals surface area contributed by atoms with E-state index in [0.717, 1.165) is 26.7 Å². The highest BCUT2D eigenvalue weighted by Gasteiger charge is 2.24. The van der Waals surface area contributed by atoms with Gasteiger partial charge in [-0.25, -0.2) is 9.37 Å². The average molecular weight is 404 g/mol.